The van der Waals surface area contributed by atoms with Gasteiger partial charge in [0.05, 0.1) is 33.0 Å². The Morgan fingerprint density at radius 2 is 0.963 bits per heavy atom. The lowest BCUT2D eigenvalue weighted by Gasteiger charge is -2.31. The van der Waals surface area contributed by atoms with Gasteiger partial charge in [-0.3, -0.25) is 0 Å². The highest BCUT2D eigenvalue weighted by atomic mass is 35.5. The standard InChI is InChI=1S/C50H28ClN3/c51-49-34-22-13-24-36-41(34)45-37(25-14-26-38(45)52-49)50(36)35-23-10-7-19-31(35)42-46(50)43-32-20-8-11-27-39(32)53(29-15-3-1-4-16-29)48(43)44-33-21-9-12-28-40(33)54(47(42)44)30-17-5-2-6-18-30/h1-28H. The first-order chi connectivity index (χ1) is 26.8. The van der Waals surface area contributed by atoms with E-state index in [-0.39, 0.29) is 0 Å². The number of fused-ring (bicyclic) bond motifs is 16. The first-order valence-electron chi connectivity index (χ1n) is 18.5. The summed E-state index contributed by atoms with van der Waals surface area (Å²) in [5, 5.41) is 8.96. The number of aromatic nitrogens is 3. The molecule has 0 amide bonds. The van der Waals surface area contributed by atoms with Crippen molar-refractivity contribution in [1.29, 1.82) is 0 Å². The molecule has 250 valence electrons. The number of hydrogen-bond acceptors (Lipinski definition) is 1. The van der Waals surface area contributed by atoms with E-state index < -0.39 is 5.41 Å². The zero-order valence-corrected chi connectivity index (χ0v) is 29.6. The van der Waals surface area contributed by atoms with Crippen LogP contribution in [0.5, 0.6) is 0 Å². The smallest absolute Gasteiger partial charge is 0.137 e. The molecular formula is C50H28ClN3. The minimum absolute atomic E-state index is 0.547. The molecule has 0 fully saturated rings. The predicted molar refractivity (Wildman–Crippen MR) is 224 cm³/mol. The van der Waals surface area contributed by atoms with Crippen LogP contribution in [0.2, 0.25) is 5.15 Å². The molecule has 0 saturated heterocycles. The van der Waals surface area contributed by atoms with E-state index in [0.29, 0.717) is 5.15 Å². The van der Waals surface area contributed by atoms with Gasteiger partial charge in [0, 0.05) is 49.3 Å². The second-order valence-electron chi connectivity index (χ2n) is 14.7. The number of hydrogen-bond donors (Lipinski definition) is 0. The van der Waals surface area contributed by atoms with E-state index in [0.717, 1.165) is 22.3 Å². The number of nitrogens with zero attached hydrogens (tertiary/aromatic N) is 3. The normalized spacial score (nSPS) is 15.6. The van der Waals surface area contributed by atoms with Crippen LogP contribution in [0.25, 0.3) is 87.8 Å². The van der Waals surface area contributed by atoms with Crippen LogP contribution in [0.15, 0.2) is 170 Å². The van der Waals surface area contributed by atoms with Gasteiger partial charge in [-0.1, -0.05) is 139 Å². The summed E-state index contributed by atoms with van der Waals surface area (Å²) in [5.74, 6) is 0. The van der Waals surface area contributed by atoms with Crippen molar-refractivity contribution in [2.24, 2.45) is 0 Å². The topological polar surface area (TPSA) is 22.8 Å². The Morgan fingerprint density at radius 1 is 0.426 bits per heavy atom. The van der Waals surface area contributed by atoms with Crippen LogP contribution in [0.1, 0.15) is 22.3 Å². The Labute approximate surface area is 314 Å². The molecule has 1 unspecified atom stereocenters. The summed E-state index contributed by atoms with van der Waals surface area (Å²) < 4.78 is 5.04. The fraction of sp³-hybridized carbons (Fsp3) is 0.0200. The summed E-state index contributed by atoms with van der Waals surface area (Å²) in [5.41, 5.74) is 15.1. The van der Waals surface area contributed by atoms with Crippen LogP contribution < -0.4 is 0 Å². The summed E-state index contributed by atoms with van der Waals surface area (Å²) in [6, 6.07) is 62.2. The number of halogens is 1. The van der Waals surface area contributed by atoms with Crippen molar-refractivity contribution in [3.63, 3.8) is 0 Å². The average molecular weight is 706 g/mol. The molecule has 0 bridgehead atoms. The Morgan fingerprint density at radius 3 is 1.69 bits per heavy atom. The number of pyridine rings is 1. The van der Waals surface area contributed by atoms with Gasteiger partial charge in [-0.25, -0.2) is 4.98 Å². The first-order valence-corrected chi connectivity index (χ1v) is 18.9. The molecule has 4 heteroatoms. The molecule has 0 aliphatic heterocycles. The molecule has 2 aliphatic carbocycles. The van der Waals surface area contributed by atoms with Crippen molar-refractivity contribution in [3.05, 3.63) is 197 Å². The Bertz CT molecular complexity index is 3450. The van der Waals surface area contributed by atoms with Gasteiger partial charge in [0.25, 0.3) is 0 Å². The van der Waals surface area contributed by atoms with Crippen LogP contribution in [-0.4, -0.2) is 14.1 Å². The van der Waals surface area contributed by atoms with E-state index in [1.807, 2.05) is 0 Å². The van der Waals surface area contributed by atoms with Crippen LogP contribution in [-0.2, 0) is 5.41 Å². The predicted octanol–water partition coefficient (Wildman–Crippen LogP) is 12.9. The third-order valence-corrected chi connectivity index (χ3v) is 12.6. The van der Waals surface area contributed by atoms with E-state index in [1.54, 1.807) is 0 Å². The second-order valence-corrected chi connectivity index (χ2v) is 15.1. The van der Waals surface area contributed by atoms with Gasteiger partial charge in [0.1, 0.15) is 5.15 Å². The molecule has 3 nitrogen and oxygen atoms in total. The van der Waals surface area contributed by atoms with Crippen molar-refractivity contribution in [2.75, 3.05) is 0 Å². The highest BCUT2D eigenvalue weighted by Crippen LogP contribution is 2.66. The summed E-state index contributed by atoms with van der Waals surface area (Å²) in [7, 11) is 0. The van der Waals surface area contributed by atoms with Gasteiger partial charge in [0.15, 0.2) is 0 Å². The lowest BCUT2D eigenvalue weighted by Crippen LogP contribution is -2.26. The van der Waals surface area contributed by atoms with Crippen molar-refractivity contribution in [3.8, 4) is 22.5 Å². The fourth-order valence-electron chi connectivity index (χ4n) is 10.6. The van der Waals surface area contributed by atoms with Crippen molar-refractivity contribution >= 4 is 76.9 Å². The second kappa shape index (κ2) is 10.0. The van der Waals surface area contributed by atoms with Crippen LogP contribution in [0, 0.1) is 0 Å². The van der Waals surface area contributed by atoms with Crippen molar-refractivity contribution < 1.29 is 0 Å². The van der Waals surface area contributed by atoms with Gasteiger partial charge < -0.3 is 9.13 Å². The average Bonchev–Trinajstić information content (AvgIpc) is 3.94. The van der Waals surface area contributed by atoms with Gasteiger partial charge in [-0.05, 0) is 75.7 Å². The number of rotatable bonds is 2. The molecule has 13 rings (SSSR count). The molecule has 1 atom stereocenters. The molecule has 3 heterocycles. The number of benzene rings is 8. The van der Waals surface area contributed by atoms with E-state index in [2.05, 4.69) is 179 Å². The molecule has 2 aliphatic rings. The molecule has 54 heavy (non-hydrogen) atoms. The van der Waals surface area contributed by atoms with Crippen molar-refractivity contribution in [2.45, 2.75) is 5.41 Å². The van der Waals surface area contributed by atoms with Gasteiger partial charge >= 0.3 is 0 Å². The van der Waals surface area contributed by atoms with Crippen LogP contribution >= 0.6 is 11.6 Å². The maximum atomic E-state index is 7.07. The molecule has 0 radical (unpaired) electrons. The van der Waals surface area contributed by atoms with Crippen molar-refractivity contribution in [1.82, 2.24) is 14.1 Å². The van der Waals surface area contributed by atoms with Gasteiger partial charge in [0.2, 0.25) is 0 Å². The SMILES string of the molecule is Clc1nc2cccc3c2c2c(cccc12)C31c2ccccc2-c2c1c1c3ccccc3n(-c3ccccc3)c1c1c3ccccc3n(-c3ccccc3)c21. The van der Waals surface area contributed by atoms with Crippen LogP contribution in [0.3, 0.4) is 0 Å². The maximum Gasteiger partial charge on any atom is 0.137 e. The summed E-state index contributed by atoms with van der Waals surface area (Å²) in [4.78, 5) is 5.01. The zero-order chi connectivity index (χ0) is 35.3. The Kier molecular flexibility index (Phi) is 5.37. The quantitative estimate of drug-likeness (QED) is 0.130. The monoisotopic (exact) mass is 705 g/mol. The molecule has 0 saturated carbocycles. The Hall–Kier alpha value is -6.68. The first kappa shape index (κ1) is 28.9. The lowest BCUT2D eigenvalue weighted by atomic mass is 9.69. The summed E-state index contributed by atoms with van der Waals surface area (Å²) in [6.45, 7) is 0. The molecule has 1 spiro atoms. The molecule has 0 N–H and O–H groups in total. The minimum Gasteiger partial charge on any atom is -0.309 e. The fourth-order valence-corrected chi connectivity index (χ4v) is 10.8. The molecule has 8 aromatic carbocycles. The zero-order valence-electron chi connectivity index (χ0n) is 28.9. The van der Waals surface area contributed by atoms with E-state index >= 15 is 0 Å². The van der Waals surface area contributed by atoms with E-state index in [1.165, 1.54) is 87.8 Å². The molecule has 3 aromatic heterocycles. The highest BCUT2D eigenvalue weighted by molar-refractivity contribution is 6.37. The molecular weight excluding hydrogens is 678 g/mol. The summed E-state index contributed by atoms with van der Waals surface area (Å²) >= 11 is 7.07. The maximum absolute atomic E-state index is 7.07. The minimum atomic E-state index is -0.629. The lowest BCUT2D eigenvalue weighted by molar-refractivity contribution is 0.805. The Balaban J connectivity index is 1.40. The third kappa shape index (κ3) is 3.22. The van der Waals surface area contributed by atoms with Crippen LogP contribution in [0.4, 0.5) is 0 Å². The van der Waals surface area contributed by atoms with E-state index in [9.17, 15) is 0 Å². The highest BCUT2D eigenvalue weighted by Gasteiger charge is 2.53. The molecule has 11 aromatic rings. The van der Waals surface area contributed by atoms with Gasteiger partial charge in [-0.15, -0.1) is 0 Å². The largest absolute Gasteiger partial charge is 0.309 e. The number of para-hydroxylation sites is 4. The van der Waals surface area contributed by atoms with E-state index in [4.69, 9.17) is 16.6 Å². The van der Waals surface area contributed by atoms with Gasteiger partial charge in [-0.2, -0.15) is 0 Å². The third-order valence-electron chi connectivity index (χ3n) is 12.3. The summed E-state index contributed by atoms with van der Waals surface area (Å²) in [6.07, 6.45) is 0.